The van der Waals surface area contributed by atoms with Crippen molar-refractivity contribution in [3.8, 4) is 0 Å². The van der Waals surface area contributed by atoms with Crippen LogP contribution in [-0.2, 0) is 9.47 Å². The Bertz CT molecular complexity index is 185. The van der Waals surface area contributed by atoms with Gasteiger partial charge in [-0.2, -0.15) is 0 Å². The second-order valence-electron chi connectivity index (χ2n) is 2.86. The minimum atomic E-state index is -0.445. The van der Waals surface area contributed by atoms with Crippen LogP contribution in [-0.4, -0.2) is 37.9 Å². The number of nitrogens with one attached hydrogen (secondary N) is 1. The molecule has 2 aliphatic rings. The number of hydrogen-bond donors (Lipinski definition) is 1. The van der Waals surface area contributed by atoms with Gasteiger partial charge in [0.05, 0.1) is 32.1 Å². The quantitative estimate of drug-likeness (QED) is 0.526. The number of ether oxygens (including phenoxy) is 2. The molecule has 1 saturated heterocycles. The van der Waals surface area contributed by atoms with Crippen LogP contribution >= 0.6 is 0 Å². The first-order valence-corrected chi connectivity index (χ1v) is 3.84. The van der Waals surface area contributed by atoms with Gasteiger partial charge in [-0.05, 0) is 6.92 Å². The van der Waals surface area contributed by atoms with E-state index in [4.69, 9.17) is 9.47 Å². The standard InChI is InChI=1S/C7H12N2O2/c1-6-8-4-7(5-9-6)10-2-3-11-7/h2-5H2,1H3,(H,8,9). The molecule has 4 nitrogen and oxygen atoms in total. The van der Waals surface area contributed by atoms with E-state index < -0.39 is 5.79 Å². The first kappa shape index (κ1) is 7.06. The largest absolute Gasteiger partial charge is 0.369 e. The highest BCUT2D eigenvalue weighted by molar-refractivity contribution is 5.80. The third-order valence-corrected chi connectivity index (χ3v) is 1.98. The Morgan fingerprint density at radius 2 is 2.18 bits per heavy atom. The summed E-state index contributed by atoms with van der Waals surface area (Å²) in [5.74, 6) is 0.522. The predicted octanol–water partition coefficient (Wildman–Crippen LogP) is -0.249. The Kier molecular flexibility index (Phi) is 1.58. The molecule has 0 bridgehead atoms. The molecule has 0 radical (unpaired) electrons. The number of nitrogens with zero attached hydrogens (tertiary/aromatic N) is 1. The molecule has 0 aliphatic carbocycles. The van der Waals surface area contributed by atoms with Gasteiger partial charge in [0.2, 0.25) is 5.79 Å². The van der Waals surface area contributed by atoms with Gasteiger partial charge in [0.15, 0.2) is 0 Å². The lowest BCUT2D eigenvalue weighted by atomic mass is 10.2. The number of rotatable bonds is 0. The number of amidine groups is 1. The zero-order valence-electron chi connectivity index (χ0n) is 6.59. The first-order valence-electron chi connectivity index (χ1n) is 3.84. The molecule has 2 rings (SSSR count). The lowest BCUT2D eigenvalue weighted by molar-refractivity contribution is -0.144. The predicted molar refractivity (Wildman–Crippen MR) is 40.6 cm³/mol. The fourth-order valence-electron chi connectivity index (χ4n) is 1.30. The maximum atomic E-state index is 5.44. The Morgan fingerprint density at radius 3 is 2.73 bits per heavy atom. The third kappa shape index (κ3) is 1.23. The molecule has 0 aromatic heterocycles. The summed E-state index contributed by atoms with van der Waals surface area (Å²) in [6.45, 7) is 4.68. The zero-order chi connectivity index (χ0) is 7.73. The maximum Gasteiger partial charge on any atom is 0.205 e. The summed E-state index contributed by atoms with van der Waals surface area (Å²) in [4.78, 5) is 4.22. The highest BCUT2D eigenvalue weighted by Gasteiger charge is 2.38. The van der Waals surface area contributed by atoms with Crippen LogP contribution in [0.4, 0.5) is 0 Å². The normalized spacial score (nSPS) is 28.3. The lowest BCUT2D eigenvalue weighted by Gasteiger charge is -2.29. The Labute approximate surface area is 65.6 Å². The second-order valence-corrected chi connectivity index (χ2v) is 2.86. The second kappa shape index (κ2) is 2.46. The average molecular weight is 156 g/mol. The molecule has 0 saturated carbocycles. The summed E-state index contributed by atoms with van der Waals surface area (Å²) in [6.07, 6.45) is 0. The van der Waals surface area contributed by atoms with Crippen LogP contribution in [0.2, 0.25) is 0 Å². The molecule has 0 unspecified atom stereocenters. The van der Waals surface area contributed by atoms with Gasteiger partial charge in [0.25, 0.3) is 0 Å². The van der Waals surface area contributed by atoms with Crippen molar-refractivity contribution in [3.63, 3.8) is 0 Å². The summed E-state index contributed by atoms with van der Waals surface area (Å²) in [7, 11) is 0. The topological polar surface area (TPSA) is 42.9 Å². The van der Waals surface area contributed by atoms with Crippen LogP contribution in [0.5, 0.6) is 0 Å². The van der Waals surface area contributed by atoms with Crippen molar-refractivity contribution >= 4 is 5.84 Å². The molecule has 62 valence electrons. The summed E-state index contributed by atoms with van der Waals surface area (Å²) >= 11 is 0. The van der Waals surface area contributed by atoms with E-state index >= 15 is 0 Å². The minimum absolute atomic E-state index is 0.445. The van der Waals surface area contributed by atoms with Gasteiger partial charge in [0, 0.05) is 0 Å². The molecule has 1 spiro atoms. The fourth-order valence-corrected chi connectivity index (χ4v) is 1.30. The van der Waals surface area contributed by atoms with Crippen molar-refractivity contribution in [2.45, 2.75) is 12.7 Å². The molecule has 0 aromatic rings. The van der Waals surface area contributed by atoms with Crippen LogP contribution in [0, 0.1) is 0 Å². The Morgan fingerprint density at radius 1 is 1.45 bits per heavy atom. The van der Waals surface area contributed by atoms with Gasteiger partial charge in [-0.25, -0.2) is 0 Å². The molecule has 4 heteroatoms. The van der Waals surface area contributed by atoms with Crippen molar-refractivity contribution < 1.29 is 9.47 Å². The number of hydrogen-bond acceptors (Lipinski definition) is 4. The van der Waals surface area contributed by atoms with Crippen LogP contribution in [0.15, 0.2) is 4.99 Å². The minimum Gasteiger partial charge on any atom is -0.369 e. The molecular weight excluding hydrogens is 144 g/mol. The molecule has 0 amide bonds. The van der Waals surface area contributed by atoms with E-state index in [2.05, 4.69) is 10.3 Å². The van der Waals surface area contributed by atoms with Gasteiger partial charge in [-0.3, -0.25) is 4.99 Å². The summed E-state index contributed by atoms with van der Waals surface area (Å²) in [5, 5.41) is 3.11. The van der Waals surface area contributed by atoms with Gasteiger partial charge in [-0.1, -0.05) is 0 Å². The van der Waals surface area contributed by atoms with Crippen LogP contribution in [0.1, 0.15) is 6.92 Å². The van der Waals surface area contributed by atoms with E-state index in [1.165, 1.54) is 0 Å². The molecule has 0 atom stereocenters. The molecule has 11 heavy (non-hydrogen) atoms. The SMILES string of the molecule is CC1=NCC2(CN1)OCCO2. The molecule has 0 aromatic carbocycles. The Balaban J connectivity index is 2.06. The van der Waals surface area contributed by atoms with Gasteiger partial charge >= 0.3 is 0 Å². The van der Waals surface area contributed by atoms with E-state index in [-0.39, 0.29) is 0 Å². The van der Waals surface area contributed by atoms with Crippen molar-refractivity contribution in [1.29, 1.82) is 0 Å². The molecule has 2 heterocycles. The Hall–Kier alpha value is -0.610. The van der Waals surface area contributed by atoms with E-state index in [0.717, 1.165) is 12.4 Å². The van der Waals surface area contributed by atoms with Crippen LogP contribution in [0.25, 0.3) is 0 Å². The van der Waals surface area contributed by atoms with Gasteiger partial charge < -0.3 is 14.8 Å². The maximum absolute atomic E-state index is 5.44. The molecule has 2 aliphatic heterocycles. The molecule has 1 N–H and O–H groups in total. The van der Waals surface area contributed by atoms with E-state index in [1.54, 1.807) is 0 Å². The molecule has 1 fully saturated rings. The van der Waals surface area contributed by atoms with E-state index in [0.29, 0.717) is 19.8 Å². The summed E-state index contributed by atoms with van der Waals surface area (Å²) < 4.78 is 10.9. The smallest absolute Gasteiger partial charge is 0.205 e. The first-order chi connectivity index (χ1) is 5.31. The lowest BCUT2D eigenvalue weighted by Crippen LogP contribution is -2.49. The van der Waals surface area contributed by atoms with E-state index in [1.807, 2.05) is 6.92 Å². The summed E-state index contributed by atoms with van der Waals surface area (Å²) in [5.41, 5.74) is 0. The van der Waals surface area contributed by atoms with Gasteiger partial charge in [-0.15, -0.1) is 0 Å². The number of aliphatic imine (C=N–C) groups is 1. The highest BCUT2D eigenvalue weighted by Crippen LogP contribution is 2.20. The summed E-state index contributed by atoms with van der Waals surface area (Å²) in [6, 6.07) is 0. The van der Waals surface area contributed by atoms with Crippen molar-refractivity contribution in [3.05, 3.63) is 0 Å². The van der Waals surface area contributed by atoms with E-state index in [9.17, 15) is 0 Å². The van der Waals surface area contributed by atoms with Crippen molar-refractivity contribution in [1.82, 2.24) is 5.32 Å². The van der Waals surface area contributed by atoms with Crippen molar-refractivity contribution in [2.75, 3.05) is 26.3 Å². The van der Waals surface area contributed by atoms with Crippen LogP contribution < -0.4 is 5.32 Å². The van der Waals surface area contributed by atoms with Crippen molar-refractivity contribution in [2.24, 2.45) is 4.99 Å². The third-order valence-electron chi connectivity index (χ3n) is 1.98. The molecular formula is C7H12N2O2. The fraction of sp³-hybridized carbons (Fsp3) is 0.857. The van der Waals surface area contributed by atoms with Gasteiger partial charge in [0.1, 0.15) is 0 Å². The zero-order valence-corrected chi connectivity index (χ0v) is 6.59. The monoisotopic (exact) mass is 156 g/mol. The van der Waals surface area contributed by atoms with Crippen LogP contribution in [0.3, 0.4) is 0 Å². The average Bonchev–Trinajstić information content (AvgIpc) is 2.45. The highest BCUT2D eigenvalue weighted by atomic mass is 16.7.